The van der Waals surface area contributed by atoms with Crippen molar-refractivity contribution >= 4 is 0 Å². The van der Waals surface area contributed by atoms with Gasteiger partial charge in [0.1, 0.15) is 5.75 Å². The van der Waals surface area contributed by atoms with E-state index in [0.717, 1.165) is 25.3 Å². The van der Waals surface area contributed by atoms with E-state index in [1.807, 2.05) is 0 Å². The molecule has 2 heteroatoms. The molecule has 0 fully saturated rings. The quantitative estimate of drug-likeness (QED) is 0.717. The number of benzene rings is 2. The minimum Gasteiger partial charge on any atom is -0.493 e. The predicted octanol–water partition coefficient (Wildman–Crippen LogP) is 5.27. The molecule has 2 rings (SSSR count). The maximum absolute atomic E-state index is 5.76. The average Bonchev–Trinajstić information content (AvgIpc) is 2.54. The van der Waals surface area contributed by atoms with Crippen molar-refractivity contribution in [3.63, 3.8) is 0 Å². The van der Waals surface area contributed by atoms with Gasteiger partial charge in [0, 0.05) is 12.6 Å². The Morgan fingerprint density at radius 2 is 1.78 bits per heavy atom. The predicted molar refractivity (Wildman–Crippen MR) is 97.8 cm³/mol. The normalized spacial score (nSPS) is 12.4. The molecule has 2 aromatic rings. The Kier molecular flexibility index (Phi) is 6.66. The Morgan fingerprint density at radius 1 is 1.04 bits per heavy atom. The largest absolute Gasteiger partial charge is 0.493 e. The van der Waals surface area contributed by atoms with Gasteiger partial charge in [0.05, 0.1) is 6.61 Å². The van der Waals surface area contributed by atoms with E-state index in [2.05, 4.69) is 81.5 Å². The summed E-state index contributed by atoms with van der Waals surface area (Å²) in [7, 11) is 0. The van der Waals surface area contributed by atoms with E-state index in [9.17, 15) is 0 Å². The highest BCUT2D eigenvalue weighted by Gasteiger charge is 2.09. The van der Waals surface area contributed by atoms with Gasteiger partial charge in [0.2, 0.25) is 0 Å². The molecule has 0 aliphatic rings. The molecular weight excluding hydrogens is 282 g/mol. The second-order valence-electron chi connectivity index (χ2n) is 6.60. The molecule has 0 aromatic heterocycles. The van der Waals surface area contributed by atoms with Gasteiger partial charge in [0.25, 0.3) is 0 Å². The third-order valence-corrected chi connectivity index (χ3v) is 3.91. The van der Waals surface area contributed by atoms with Gasteiger partial charge in [-0.2, -0.15) is 0 Å². The average molecular weight is 311 g/mol. The lowest BCUT2D eigenvalue weighted by Crippen LogP contribution is -2.20. The van der Waals surface area contributed by atoms with E-state index in [-0.39, 0.29) is 0 Å². The van der Waals surface area contributed by atoms with Crippen LogP contribution in [0, 0.1) is 12.8 Å². The Morgan fingerprint density at radius 3 is 2.39 bits per heavy atom. The molecule has 0 aliphatic heterocycles. The van der Waals surface area contributed by atoms with Crippen LogP contribution in [-0.2, 0) is 6.54 Å². The van der Waals surface area contributed by atoms with Crippen molar-refractivity contribution in [2.75, 3.05) is 6.61 Å². The van der Waals surface area contributed by atoms with Crippen molar-refractivity contribution in [2.45, 2.75) is 46.7 Å². The maximum atomic E-state index is 5.76. The standard InChI is InChI=1S/C21H29NO/c1-5-21(22-14-18-8-6-7-17(4)13-18)19-9-11-20(12-10-19)23-15-16(2)3/h6-13,16,21-22H,5,14-15H2,1-4H3. The van der Waals surface area contributed by atoms with E-state index < -0.39 is 0 Å². The Bertz CT molecular complexity index is 589. The van der Waals surface area contributed by atoms with E-state index in [1.54, 1.807) is 0 Å². The molecule has 2 nitrogen and oxygen atoms in total. The zero-order valence-corrected chi connectivity index (χ0v) is 14.8. The molecule has 0 heterocycles. The van der Waals surface area contributed by atoms with Crippen molar-refractivity contribution in [1.82, 2.24) is 5.32 Å². The van der Waals surface area contributed by atoms with E-state index in [4.69, 9.17) is 4.74 Å². The molecule has 0 saturated carbocycles. The van der Waals surface area contributed by atoms with Gasteiger partial charge in [-0.05, 0) is 42.5 Å². The lowest BCUT2D eigenvalue weighted by Gasteiger charge is -2.18. The van der Waals surface area contributed by atoms with Gasteiger partial charge in [0.15, 0.2) is 0 Å². The molecule has 1 unspecified atom stereocenters. The minimum absolute atomic E-state index is 0.370. The van der Waals surface area contributed by atoms with Crippen molar-refractivity contribution in [3.8, 4) is 5.75 Å². The summed E-state index contributed by atoms with van der Waals surface area (Å²) < 4.78 is 5.76. The van der Waals surface area contributed by atoms with Crippen LogP contribution in [0.25, 0.3) is 0 Å². The van der Waals surface area contributed by atoms with E-state index >= 15 is 0 Å². The van der Waals surface area contributed by atoms with Gasteiger partial charge in [-0.3, -0.25) is 0 Å². The molecule has 0 aliphatic carbocycles. The van der Waals surface area contributed by atoms with Crippen LogP contribution in [-0.4, -0.2) is 6.61 Å². The number of ether oxygens (including phenoxy) is 1. The molecule has 1 atom stereocenters. The van der Waals surface area contributed by atoms with Gasteiger partial charge in [-0.1, -0.05) is 62.7 Å². The third kappa shape index (κ3) is 5.72. The number of hydrogen-bond acceptors (Lipinski definition) is 2. The summed E-state index contributed by atoms with van der Waals surface area (Å²) in [4.78, 5) is 0. The molecular formula is C21H29NO. The first-order valence-corrected chi connectivity index (χ1v) is 8.60. The fourth-order valence-corrected chi connectivity index (χ4v) is 2.62. The Balaban J connectivity index is 1.94. The fourth-order valence-electron chi connectivity index (χ4n) is 2.62. The molecule has 0 amide bonds. The highest BCUT2D eigenvalue weighted by molar-refractivity contribution is 5.29. The summed E-state index contributed by atoms with van der Waals surface area (Å²) in [5, 5.41) is 3.66. The number of hydrogen-bond donors (Lipinski definition) is 1. The van der Waals surface area contributed by atoms with Gasteiger partial charge in [-0.15, -0.1) is 0 Å². The number of nitrogens with one attached hydrogen (secondary N) is 1. The van der Waals surface area contributed by atoms with Crippen LogP contribution in [0.3, 0.4) is 0 Å². The van der Waals surface area contributed by atoms with Crippen LogP contribution in [0.5, 0.6) is 5.75 Å². The molecule has 23 heavy (non-hydrogen) atoms. The van der Waals surface area contributed by atoms with E-state index in [0.29, 0.717) is 12.0 Å². The summed E-state index contributed by atoms with van der Waals surface area (Å²) in [5.41, 5.74) is 3.96. The summed E-state index contributed by atoms with van der Waals surface area (Å²) >= 11 is 0. The summed E-state index contributed by atoms with van der Waals surface area (Å²) in [6.45, 7) is 10.3. The molecule has 0 spiro atoms. The zero-order valence-electron chi connectivity index (χ0n) is 14.8. The molecule has 0 radical (unpaired) electrons. The van der Waals surface area contributed by atoms with Crippen molar-refractivity contribution in [1.29, 1.82) is 0 Å². The molecule has 0 bridgehead atoms. The van der Waals surface area contributed by atoms with E-state index in [1.165, 1.54) is 16.7 Å². The van der Waals surface area contributed by atoms with Crippen LogP contribution >= 0.6 is 0 Å². The number of rotatable bonds is 8. The maximum Gasteiger partial charge on any atom is 0.119 e. The molecule has 1 N–H and O–H groups in total. The highest BCUT2D eigenvalue weighted by Crippen LogP contribution is 2.21. The van der Waals surface area contributed by atoms with Crippen LogP contribution in [0.1, 0.15) is 49.9 Å². The fraction of sp³-hybridized carbons (Fsp3) is 0.429. The lowest BCUT2D eigenvalue weighted by molar-refractivity contribution is 0.271. The summed E-state index contributed by atoms with van der Waals surface area (Å²) in [6, 6.07) is 17.5. The van der Waals surface area contributed by atoms with Crippen LogP contribution in [0.2, 0.25) is 0 Å². The first-order chi connectivity index (χ1) is 11.1. The third-order valence-electron chi connectivity index (χ3n) is 3.91. The Labute approximate surface area is 140 Å². The minimum atomic E-state index is 0.370. The monoisotopic (exact) mass is 311 g/mol. The molecule has 124 valence electrons. The molecule has 0 saturated heterocycles. The first-order valence-electron chi connectivity index (χ1n) is 8.60. The highest BCUT2D eigenvalue weighted by atomic mass is 16.5. The van der Waals surface area contributed by atoms with Gasteiger partial charge in [-0.25, -0.2) is 0 Å². The summed E-state index contributed by atoms with van der Waals surface area (Å²) in [5.74, 6) is 1.50. The van der Waals surface area contributed by atoms with Crippen LogP contribution in [0.4, 0.5) is 0 Å². The molecule has 2 aromatic carbocycles. The van der Waals surface area contributed by atoms with Crippen LogP contribution < -0.4 is 10.1 Å². The van der Waals surface area contributed by atoms with Crippen molar-refractivity contribution < 1.29 is 4.74 Å². The SMILES string of the molecule is CCC(NCc1cccc(C)c1)c1ccc(OCC(C)C)cc1. The van der Waals surface area contributed by atoms with Gasteiger partial charge >= 0.3 is 0 Å². The first kappa shape index (κ1) is 17.6. The topological polar surface area (TPSA) is 21.3 Å². The zero-order chi connectivity index (χ0) is 16.7. The van der Waals surface area contributed by atoms with Crippen LogP contribution in [0.15, 0.2) is 48.5 Å². The second kappa shape index (κ2) is 8.73. The number of aryl methyl sites for hydroxylation is 1. The van der Waals surface area contributed by atoms with Gasteiger partial charge < -0.3 is 10.1 Å². The smallest absolute Gasteiger partial charge is 0.119 e. The Hall–Kier alpha value is -1.80. The summed E-state index contributed by atoms with van der Waals surface area (Å²) in [6.07, 6.45) is 1.07. The second-order valence-corrected chi connectivity index (χ2v) is 6.60. The van der Waals surface area contributed by atoms with Crippen molar-refractivity contribution in [2.24, 2.45) is 5.92 Å². The lowest BCUT2D eigenvalue weighted by atomic mass is 10.0. The van der Waals surface area contributed by atoms with Crippen molar-refractivity contribution in [3.05, 3.63) is 65.2 Å².